The Labute approximate surface area is 175 Å². The molecule has 1 fully saturated rings. The lowest BCUT2D eigenvalue weighted by Crippen LogP contribution is -2.45. The van der Waals surface area contributed by atoms with Gasteiger partial charge in [0.15, 0.2) is 0 Å². The highest BCUT2D eigenvalue weighted by Crippen LogP contribution is 2.30. The van der Waals surface area contributed by atoms with Gasteiger partial charge in [0.25, 0.3) is 0 Å². The Morgan fingerprint density at radius 1 is 1.14 bits per heavy atom. The van der Waals surface area contributed by atoms with E-state index >= 15 is 0 Å². The topological polar surface area (TPSA) is 42.5 Å². The summed E-state index contributed by atoms with van der Waals surface area (Å²) in [6, 6.07) is 14.7. The normalized spacial score (nSPS) is 19.3. The Kier molecular flexibility index (Phi) is 8.61. The molecule has 0 saturated carbocycles. The fourth-order valence-electron chi connectivity index (χ4n) is 3.55. The molecule has 0 bridgehead atoms. The maximum absolute atomic E-state index is 12.6. The van der Waals surface area contributed by atoms with Crippen LogP contribution in [0.1, 0.15) is 36.9 Å². The first-order chi connectivity index (χ1) is 13.5. The van der Waals surface area contributed by atoms with E-state index in [4.69, 9.17) is 4.74 Å². The maximum atomic E-state index is 12.6. The molecule has 0 amide bonds. The van der Waals surface area contributed by atoms with E-state index in [0.29, 0.717) is 24.5 Å². The lowest BCUT2D eigenvalue weighted by atomic mass is 9.92. The molecule has 3 rings (SSSR count). The summed E-state index contributed by atoms with van der Waals surface area (Å²) < 4.78 is 47.3. The summed E-state index contributed by atoms with van der Waals surface area (Å²) >= 11 is 0. The second kappa shape index (κ2) is 10.7. The number of alkyl halides is 3. The molecule has 0 aliphatic carbocycles. The molecule has 2 atom stereocenters. The number of hydrogen-bond donors (Lipinski definition) is 2. The summed E-state index contributed by atoms with van der Waals surface area (Å²) in [7, 11) is 0. The molecule has 0 unspecified atom stereocenters. The highest BCUT2D eigenvalue weighted by Gasteiger charge is 2.31. The van der Waals surface area contributed by atoms with Crippen LogP contribution in [0.2, 0.25) is 0 Å². The largest absolute Gasteiger partial charge is 0.573 e. The van der Waals surface area contributed by atoms with Crippen molar-refractivity contribution in [3.05, 3.63) is 59.7 Å². The monoisotopic (exact) mass is 430 g/mol. The first kappa shape index (κ1) is 23.3. The molecule has 1 saturated heterocycles. The zero-order valence-electron chi connectivity index (χ0n) is 16.2. The molecule has 0 radical (unpaired) electrons. The number of halogens is 4. The quantitative estimate of drug-likeness (QED) is 0.649. The number of benzene rings is 2. The van der Waals surface area contributed by atoms with Gasteiger partial charge in [0.1, 0.15) is 11.5 Å². The Morgan fingerprint density at radius 3 is 2.59 bits per heavy atom. The highest BCUT2D eigenvalue weighted by molar-refractivity contribution is 5.85. The third kappa shape index (κ3) is 6.80. The summed E-state index contributed by atoms with van der Waals surface area (Å²) in [4.78, 5) is 0. The van der Waals surface area contributed by atoms with Gasteiger partial charge in [0.05, 0.1) is 6.61 Å². The molecular formula is C21H26ClF3N2O2. The van der Waals surface area contributed by atoms with E-state index in [1.54, 1.807) is 0 Å². The average Bonchev–Trinajstić information content (AvgIpc) is 2.68. The molecule has 1 heterocycles. The second-order valence-electron chi connectivity index (χ2n) is 6.72. The van der Waals surface area contributed by atoms with Crippen LogP contribution in [0.15, 0.2) is 48.5 Å². The summed E-state index contributed by atoms with van der Waals surface area (Å²) in [6.45, 7) is 3.61. The van der Waals surface area contributed by atoms with Crippen LogP contribution in [-0.4, -0.2) is 25.6 Å². The predicted octanol–water partition coefficient (Wildman–Crippen LogP) is 4.99. The molecule has 1 aliphatic heterocycles. The van der Waals surface area contributed by atoms with Crippen molar-refractivity contribution >= 4 is 12.4 Å². The van der Waals surface area contributed by atoms with Crippen molar-refractivity contribution in [2.75, 3.05) is 13.2 Å². The van der Waals surface area contributed by atoms with Crippen molar-refractivity contribution in [3.8, 4) is 11.5 Å². The minimum absolute atomic E-state index is 0. The molecule has 2 aromatic rings. The first-order valence-electron chi connectivity index (χ1n) is 9.49. The molecule has 0 aromatic heterocycles. The summed E-state index contributed by atoms with van der Waals surface area (Å²) in [5, 5.41) is 7.03. The average molecular weight is 431 g/mol. The fraction of sp³-hybridized carbons (Fsp3) is 0.429. The van der Waals surface area contributed by atoms with E-state index in [2.05, 4.69) is 27.5 Å². The Balaban J connectivity index is 0.00000300. The van der Waals surface area contributed by atoms with Gasteiger partial charge in [-0.05, 0) is 50.1 Å². The summed E-state index contributed by atoms with van der Waals surface area (Å²) in [5.41, 5.74) is 1.83. The number of ether oxygens (including phenoxy) is 2. The van der Waals surface area contributed by atoms with Crippen molar-refractivity contribution < 1.29 is 22.6 Å². The van der Waals surface area contributed by atoms with E-state index in [0.717, 1.165) is 19.4 Å². The van der Waals surface area contributed by atoms with Crippen LogP contribution in [0.5, 0.6) is 11.5 Å². The highest BCUT2D eigenvalue weighted by atomic mass is 35.5. The van der Waals surface area contributed by atoms with Gasteiger partial charge in [0.2, 0.25) is 0 Å². The van der Waals surface area contributed by atoms with Crippen LogP contribution < -0.4 is 20.1 Å². The maximum Gasteiger partial charge on any atom is 0.573 e. The van der Waals surface area contributed by atoms with Gasteiger partial charge < -0.3 is 20.1 Å². The van der Waals surface area contributed by atoms with Crippen LogP contribution in [0.25, 0.3) is 0 Å². The van der Waals surface area contributed by atoms with E-state index in [-0.39, 0.29) is 30.2 Å². The van der Waals surface area contributed by atoms with Gasteiger partial charge in [-0.3, -0.25) is 0 Å². The molecule has 160 valence electrons. The zero-order chi connectivity index (χ0) is 20.0. The number of hydrogen-bond acceptors (Lipinski definition) is 4. The zero-order valence-corrected chi connectivity index (χ0v) is 17.0. The van der Waals surface area contributed by atoms with Gasteiger partial charge >= 0.3 is 6.36 Å². The summed E-state index contributed by atoms with van der Waals surface area (Å²) in [5.74, 6) is 0.318. The van der Waals surface area contributed by atoms with Gasteiger partial charge in [-0.1, -0.05) is 30.3 Å². The molecule has 4 nitrogen and oxygen atoms in total. The van der Waals surface area contributed by atoms with E-state index in [9.17, 15) is 13.2 Å². The number of piperidine rings is 1. The predicted molar refractivity (Wildman–Crippen MR) is 109 cm³/mol. The molecule has 2 aromatic carbocycles. The van der Waals surface area contributed by atoms with Crippen LogP contribution in [-0.2, 0) is 6.54 Å². The SMILES string of the molecule is CCOc1ccc(OC(F)(F)F)cc1CN[C@H]1CCCN[C@H]1c1ccccc1.Cl. The standard InChI is InChI=1S/C21H25F3N2O2.ClH/c1-2-27-19-11-10-17(28-21(22,23)24)13-16(19)14-26-18-9-6-12-25-20(18)15-7-4-3-5-8-15;/h3-5,7-8,10-11,13,18,20,25-26H,2,6,9,12,14H2,1H3;1H/t18-,20-;/m0./s1. The van der Waals surface area contributed by atoms with E-state index in [1.807, 2.05) is 25.1 Å². The summed E-state index contributed by atoms with van der Waals surface area (Å²) in [6.07, 6.45) is -2.70. The molecule has 2 N–H and O–H groups in total. The van der Waals surface area contributed by atoms with Crippen LogP contribution >= 0.6 is 12.4 Å². The number of nitrogens with one attached hydrogen (secondary N) is 2. The van der Waals surface area contributed by atoms with E-state index < -0.39 is 6.36 Å². The van der Waals surface area contributed by atoms with Gasteiger partial charge in [-0.2, -0.15) is 0 Å². The molecule has 0 spiro atoms. The Morgan fingerprint density at radius 2 is 1.90 bits per heavy atom. The first-order valence-corrected chi connectivity index (χ1v) is 9.49. The van der Waals surface area contributed by atoms with Crippen molar-refractivity contribution in [3.63, 3.8) is 0 Å². The Bertz CT molecular complexity index is 759. The molecular weight excluding hydrogens is 405 g/mol. The van der Waals surface area contributed by atoms with Crippen LogP contribution in [0.3, 0.4) is 0 Å². The smallest absolute Gasteiger partial charge is 0.494 e. The van der Waals surface area contributed by atoms with Gasteiger partial charge in [0, 0.05) is 24.2 Å². The second-order valence-corrected chi connectivity index (χ2v) is 6.72. The lowest BCUT2D eigenvalue weighted by molar-refractivity contribution is -0.274. The molecule has 8 heteroatoms. The van der Waals surface area contributed by atoms with Crippen molar-refractivity contribution in [1.29, 1.82) is 0 Å². The van der Waals surface area contributed by atoms with Crippen LogP contribution in [0.4, 0.5) is 13.2 Å². The van der Waals surface area contributed by atoms with E-state index in [1.165, 1.54) is 23.8 Å². The fourth-order valence-corrected chi connectivity index (χ4v) is 3.55. The third-order valence-corrected chi connectivity index (χ3v) is 4.74. The van der Waals surface area contributed by atoms with Gasteiger partial charge in [-0.15, -0.1) is 25.6 Å². The minimum atomic E-state index is -4.72. The minimum Gasteiger partial charge on any atom is -0.494 e. The number of rotatable bonds is 7. The van der Waals surface area contributed by atoms with Crippen molar-refractivity contribution in [2.45, 2.75) is 44.8 Å². The lowest BCUT2D eigenvalue weighted by Gasteiger charge is -2.34. The third-order valence-electron chi connectivity index (χ3n) is 4.74. The Hall–Kier alpha value is -1.96. The van der Waals surface area contributed by atoms with Crippen molar-refractivity contribution in [2.24, 2.45) is 0 Å². The molecule has 29 heavy (non-hydrogen) atoms. The molecule has 1 aliphatic rings. The van der Waals surface area contributed by atoms with Gasteiger partial charge in [-0.25, -0.2) is 0 Å². The van der Waals surface area contributed by atoms with Crippen LogP contribution in [0, 0.1) is 0 Å². The van der Waals surface area contributed by atoms with Crippen molar-refractivity contribution in [1.82, 2.24) is 10.6 Å².